The highest BCUT2D eigenvalue weighted by atomic mass is 16.5. The first-order valence-electron chi connectivity index (χ1n) is 6.30. The van der Waals surface area contributed by atoms with E-state index in [0.717, 1.165) is 0 Å². The van der Waals surface area contributed by atoms with Gasteiger partial charge in [-0.05, 0) is 23.6 Å². The Balaban J connectivity index is 2.39. The number of carbonyl (C=O) groups is 2. The van der Waals surface area contributed by atoms with Gasteiger partial charge in [0.15, 0.2) is 0 Å². The largest absolute Gasteiger partial charge is 0.495 e. The van der Waals surface area contributed by atoms with Gasteiger partial charge in [0.25, 0.3) is 0 Å². The van der Waals surface area contributed by atoms with Gasteiger partial charge in [0.05, 0.1) is 12.7 Å². The van der Waals surface area contributed by atoms with Crippen molar-refractivity contribution in [3.63, 3.8) is 0 Å². The second kappa shape index (κ2) is 6.15. The Kier molecular flexibility index (Phi) is 4.30. The van der Waals surface area contributed by atoms with Gasteiger partial charge >= 0.3 is 5.97 Å². The smallest absolute Gasteiger partial charge is 0.337 e. The van der Waals surface area contributed by atoms with Crippen LogP contribution in [-0.2, 0) is 4.79 Å². The van der Waals surface area contributed by atoms with E-state index in [1.54, 1.807) is 12.1 Å². The number of amides is 1. The number of para-hydroxylation sites is 1. The fourth-order valence-electron chi connectivity index (χ4n) is 2.41. The molecule has 21 heavy (non-hydrogen) atoms. The van der Waals surface area contributed by atoms with E-state index in [4.69, 9.17) is 10.3 Å². The van der Waals surface area contributed by atoms with Crippen molar-refractivity contribution in [2.45, 2.75) is 6.42 Å². The summed E-state index contributed by atoms with van der Waals surface area (Å²) < 4.78 is 5.17. The molecule has 1 amide bonds. The van der Waals surface area contributed by atoms with E-state index in [0.29, 0.717) is 12.3 Å². The molecule has 2 rings (SSSR count). The lowest BCUT2D eigenvalue weighted by atomic mass is 10.1. The Morgan fingerprint density at radius 2 is 2.38 bits per heavy atom. The number of aromatic carboxylic acids is 1. The number of benzene rings is 1. The number of carbonyl (C=O) groups excluding carboxylic acids is 1. The maximum atomic E-state index is 12.1. The van der Waals surface area contributed by atoms with Crippen LogP contribution < -0.4 is 9.64 Å². The van der Waals surface area contributed by atoms with Crippen molar-refractivity contribution in [1.29, 1.82) is 0 Å². The molecule has 1 aromatic carbocycles. The maximum Gasteiger partial charge on any atom is 0.337 e. The van der Waals surface area contributed by atoms with Crippen LogP contribution in [-0.4, -0.2) is 37.2 Å². The Morgan fingerprint density at radius 3 is 3.00 bits per heavy atom. The molecule has 0 aromatic heterocycles. The second-order valence-electron chi connectivity index (χ2n) is 4.65. The van der Waals surface area contributed by atoms with Crippen molar-refractivity contribution < 1.29 is 19.4 Å². The molecule has 1 atom stereocenters. The van der Waals surface area contributed by atoms with E-state index in [2.05, 4.69) is 10.0 Å². The molecule has 0 radical (unpaired) electrons. The zero-order chi connectivity index (χ0) is 15.4. The fourth-order valence-corrected chi connectivity index (χ4v) is 2.41. The molecular weight excluding hydrogens is 276 g/mol. The van der Waals surface area contributed by atoms with E-state index in [1.165, 1.54) is 18.1 Å². The van der Waals surface area contributed by atoms with Crippen molar-refractivity contribution in [3.8, 4) is 5.75 Å². The highest BCUT2D eigenvalue weighted by Crippen LogP contribution is 2.36. The summed E-state index contributed by atoms with van der Waals surface area (Å²) in [6.45, 7) is 0.509. The first kappa shape index (κ1) is 14.7. The molecule has 1 saturated heterocycles. The topological polar surface area (TPSA) is 116 Å². The molecule has 8 heteroatoms. The number of carboxylic acid groups (broad SMARTS) is 1. The van der Waals surface area contributed by atoms with Crippen molar-refractivity contribution in [2.75, 3.05) is 25.1 Å². The summed E-state index contributed by atoms with van der Waals surface area (Å²) in [5.74, 6) is -1.14. The molecule has 8 nitrogen and oxygen atoms in total. The molecule has 1 N–H and O–H groups in total. The molecule has 1 fully saturated rings. The summed E-state index contributed by atoms with van der Waals surface area (Å²) >= 11 is 0. The normalized spacial score (nSPS) is 17.5. The lowest BCUT2D eigenvalue weighted by molar-refractivity contribution is -0.117. The van der Waals surface area contributed by atoms with Crippen LogP contribution >= 0.6 is 0 Å². The van der Waals surface area contributed by atoms with Gasteiger partial charge in [0.1, 0.15) is 11.4 Å². The summed E-state index contributed by atoms with van der Waals surface area (Å²) in [5.41, 5.74) is 8.59. The van der Waals surface area contributed by atoms with Gasteiger partial charge in [0, 0.05) is 24.4 Å². The number of carboxylic acids is 1. The van der Waals surface area contributed by atoms with Gasteiger partial charge in [-0.25, -0.2) is 4.79 Å². The van der Waals surface area contributed by atoms with E-state index < -0.39 is 5.97 Å². The lowest BCUT2D eigenvalue weighted by Crippen LogP contribution is -2.27. The van der Waals surface area contributed by atoms with Crippen LogP contribution in [0.5, 0.6) is 5.75 Å². The number of rotatable bonds is 5. The zero-order valence-electron chi connectivity index (χ0n) is 11.4. The summed E-state index contributed by atoms with van der Waals surface area (Å²) in [6.07, 6.45) is 0.218. The summed E-state index contributed by atoms with van der Waals surface area (Å²) in [4.78, 5) is 27.5. The van der Waals surface area contributed by atoms with Gasteiger partial charge in [0.2, 0.25) is 5.91 Å². The number of hydrogen-bond donors (Lipinski definition) is 1. The van der Waals surface area contributed by atoms with Gasteiger partial charge in [-0.2, -0.15) is 0 Å². The van der Waals surface area contributed by atoms with Crippen LogP contribution in [0.2, 0.25) is 0 Å². The molecule has 0 aliphatic carbocycles. The fraction of sp³-hybridized carbons (Fsp3) is 0.385. The van der Waals surface area contributed by atoms with Crippen molar-refractivity contribution >= 4 is 17.6 Å². The molecule has 110 valence electrons. The number of hydrogen-bond acceptors (Lipinski definition) is 4. The molecule has 0 bridgehead atoms. The van der Waals surface area contributed by atoms with Gasteiger partial charge in [-0.15, -0.1) is 0 Å². The third kappa shape index (κ3) is 2.90. The van der Waals surface area contributed by atoms with Crippen molar-refractivity contribution in [2.24, 2.45) is 11.0 Å². The number of azide groups is 1. The minimum Gasteiger partial charge on any atom is -0.495 e. The van der Waals surface area contributed by atoms with Crippen LogP contribution in [0.4, 0.5) is 5.69 Å². The molecule has 1 unspecified atom stereocenters. The predicted octanol–water partition coefficient (Wildman–Crippen LogP) is 2.06. The van der Waals surface area contributed by atoms with Crippen LogP contribution in [0.1, 0.15) is 16.8 Å². The predicted molar refractivity (Wildman–Crippen MR) is 74.4 cm³/mol. The van der Waals surface area contributed by atoms with Crippen LogP contribution in [0, 0.1) is 5.92 Å². The zero-order valence-corrected chi connectivity index (χ0v) is 11.4. The number of methoxy groups -OCH3 is 1. The minimum atomic E-state index is -1.13. The standard InChI is InChI=1S/C13H14N4O4/c1-21-10-4-2-3-9(13(19)20)12(10)17-7-8(5-11(17)18)6-15-16-14/h2-4,8H,5-7H2,1H3,(H,19,20). The molecule has 1 heterocycles. The highest BCUT2D eigenvalue weighted by Gasteiger charge is 2.34. The maximum absolute atomic E-state index is 12.1. The first-order valence-corrected chi connectivity index (χ1v) is 6.30. The SMILES string of the molecule is COc1cccc(C(=O)O)c1N1CC(CN=[N+]=[N-])CC1=O. The van der Waals surface area contributed by atoms with E-state index in [-0.39, 0.29) is 36.0 Å². The summed E-state index contributed by atoms with van der Waals surface area (Å²) in [5, 5.41) is 12.8. The Labute approximate surface area is 120 Å². The van der Waals surface area contributed by atoms with E-state index in [1.807, 2.05) is 0 Å². The average molecular weight is 290 g/mol. The van der Waals surface area contributed by atoms with E-state index >= 15 is 0 Å². The Morgan fingerprint density at radius 1 is 1.62 bits per heavy atom. The summed E-state index contributed by atoms with van der Waals surface area (Å²) in [6, 6.07) is 4.59. The first-order chi connectivity index (χ1) is 10.1. The van der Waals surface area contributed by atoms with Crippen molar-refractivity contribution in [3.05, 3.63) is 34.2 Å². The number of anilines is 1. The Bertz CT molecular complexity index is 625. The Hall–Kier alpha value is -2.73. The van der Waals surface area contributed by atoms with E-state index in [9.17, 15) is 14.7 Å². The molecule has 1 aliphatic heterocycles. The monoisotopic (exact) mass is 290 g/mol. The van der Waals surface area contributed by atoms with Gasteiger partial charge in [-0.1, -0.05) is 11.2 Å². The average Bonchev–Trinajstić information content (AvgIpc) is 2.84. The summed E-state index contributed by atoms with van der Waals surface area (Å²) in [7, 11) is 1.42. The molecule has 1 aromatic rings. The minimum absolute atomic E-state index is 0.00661. The number of ether oxygens (including phenoxy) is 1. The quantitative estimate of drug-likeness (QED) is 0.507. The third-order valence-electron chi connectivity index (χ3n) is 3.33. The van der Waals surface area contributed by atoms with Crippen LogP contribution in [0.25, 0.3) is 10.4 Å². The number of nitrogens with zero attached hydrogens (tertiary/aromatic N) is 4. The van der Waals surface area contributed by atoms with Crippen molar-refractivity contribution in [1.82, 2.24) is 0 Å². The van der Waals surface area contributed by atoms with Gasteiger partial charge < -0.3 is 14.7 Å². The second-order valence-corrected chi connectivity index (χ2v) is 4.65. The van der Waals surface area contributed by atoms with Crippen LogP contribution in [0.15, 0.2) is 23.3 Å². The molecule has 0 spiro atoms. The molecule has 1 aliphatic rings. The molecular formula is C13H14N4O4. The molecule has 0 saturated carbocycles. The van der Waals surface area contributed by atoms with Gasteiger partial charge in [-0.3, -0.25) is 4.79 Å². The van der Waals surface area contributed by atoms with Crippen LogP contribution in [0.3, 0.4) is 0 Å². The highest BCUT2D eigenvalue weighted by molar-refractivity contribution is 6.05. The third-order valence-corrected chi connectivity index (χ3v) is 3.33. The lowest BCUT2D eigenvalue weighted by Gasteiger charge is -2.21.